The van der Waals surface area contributed by atoms with E-state index in [1.807, 2.05) is 4.90 Å². The van der Waals surface area contributed by atoms with Gasteiger partial charge in [-0.15, -0.1) is 0 Å². The van der Waals surface area contributed by atoms with Gasteiger partial charge in [0.25, 0.3) is 0 Å². The lowest BCUT2D eigenvalue weighted by Gasteiger charge is -2.25. The summed E-state index contributed by atoms with van der Waals surface area (Å²) in [5.41, 5.74) is 0.359. The maximum Gasteiger partial charge on any atom is 0.239 e. The van der Waals surface area contributed by atoms with Crippen LogP contribution in [0.2, 0.25) is 0 Å². The van der Waals surface area contributed by atoms with E-state index >= 15 is 0 Å². The van der Waals surface area contributed by atoms with Crippen LogP contribution in [0.15, 0.2) is 0 Å². The molecule has 0 aliphatic carbocycles. The van der Waals surface area contributed by atoms with Crippen molar-refractivity contribution in [2.45, 2.75) is 51.7 Å². The predicted octanol–water partition coefficient (Wildman–Crippen LogP) is 0.748. The van der Waals surface area contributed by atoms with Crippen molar-refractivity contribution in [3.63, 3.8) is 0 Å². The van der Waals surface area contributed by atoms with E-state index in [0.717, 1.165) is 25.9 Å². The van der Waals surface area contributed by atoms with Crippen LogP contribution < -0.4 is 5.32 Å². The van der Waals surface area contributed by atoms with Gasteiger partial charge in [0, 0.05) is 19.6 Å². The minimum absolute atomic E-state index is 0.161. The first-order chi connectivity index (χ1) is 7.98. The quantitative estimate of drug-likeness (QED) is 0.711. The largest absolute Gasteiger partial charge is 0.392 e. The number of rotatable bonds is 1. The molecule has 17 heavy (non-hydrogen) atoms. The van der Waals surface area contributed by atoms with Gasteiger partial charge in [0.15, 0.2) is 0 Å². The molecule has 0 radical (unpaired) electrons. The van der Waals surface area contributed by atoms with Gasteiger partial charge in [-0.05, 0) is 31.1 Å². The summed E-state index contributed by atoms with van der Waals surface area (Å²) in [5.74, 6) is 0.180. The van der Waals surface area contributed by atoms with Crippen LogP contribution in [0.3, 0.4) is 0 Å². The lowest BCUT2D eigenvalue weighted by molar-refractivity contribution is -0.133. The van der Waals surface area contributed by atoms with Crippen LogP contribution in [-0.4, -0.2) is 47.7 Å². The Hall–Kier alpha value is -0.610. The van der Waals surface area contributed by atoms with Crippen LogP contribution in [0.4, 0.5) is 0 Å². The molecule has 2 unspecified atom stereocenters. The van der Waals surface area contributed by atoms with Crippen molar-refractivity contribution in [3.8, 4) is 0 Å². The van der Waals surface area contributed by atoms with E-state index in [-0.39, 0.29) is 18.1 Å². The molecule has 2 rings (SSSR count). The summed E-state index contributed by atoms with van der Waals surface area (Å²) in [6.07, 6.45) is 3.57. The van der Waals surface area contributed by atoms with Gasteiger partial charge in [0.1, 0.15) is 0 Å². The number of hydrogen-bond donors (Lipinski definition) is 2. The molecule has 2 aliphatic rings. The molecule has 2 N–H and O–H groups in total. The van der Waals surface area contributed by atoms with Crippen molar-refractivity contribution in [3.05, 3.63) is 0 Å². The average Bonchev–Trinajstić information content (AvgIpc) is 2.60. The minimum Gasteiger partial charge on any atom is -0.392 e. The summed E-state index contributed by atoms with van der Waals surface area (Å²) >= 11 is 0. The van der Waals surface area contributed by atoms with E-state index in [1.165, 1.54) is 6.42 Å². The number of β-amino-alcohol motifs (C(OH)–C–C–N with tert-alkyl or cyclic N) is 1. The summed E-state index contributed by atoms with van der Waals surface area (Å²) in [4.78, 5) is 14.2. The minimum atomic E-state index is -0.354. The molecule has 0 saturated carbocycles. The number of aliphatic hydroxyl groups is 1. The summed E-state index contributed by atoms with van der Waals surface area (Å²) in [6.45, 7) is 6.84. The first-order valence-electron chi connectivity index (χ1n) is 6.68. The third-order valence-electron chi connectivity index (χ3n) is 4.06. The second-order valence-electron chi connectivity index (χ2n) is 6.19. The molecular formula is C13H24N2O2. The van der Waals surface area contributed by atoms with Crippen LogP contribution in [0.5, 0.6) is 0 Å². The average molecular weight is 240 g/mol. The van der Waals surface area contributed by atoms with Gasteiger partial charge in [-0.3, -0.25) is 4.79 Å². The third-order valence-corrected chi connectivity index (χ3v) is 4.06. The smallest absolute Gasteiger partial charge is 0.239 e. The van der Waals surface area contributed by atoms with Gasteiger partial charge in [0.05, 0.1) is 12.1 Å². The number of nitrogens with one attached hydrogen (secondary N) is 1. The fourth-order valence-electron chi connectivity index (χ4n) is 2.77. The van der Waals surface area contributed by atoms with Crippen LogP contribution in [-0.2, 0) is 4.79 Å². The standard InChI is InChI=1S/C13H24N2O2/c1-13(2)4-3-6-15(7-5-13)12(17)11-8-10(16)9-14-11/h10-11,14,16H,3-9H2,1-2H3. The summed E-state index contributed by atoms with van der Waals surface area (Å²) in [5, 5.41) is 12.6. The van der Waals surface area contributed by atoms with E-state index in [4.69, 9.17) is 0 Å². The van der Waals surface area contributed by atoms with Gasteiger partial charge >= 0.3 is 0 Å². The Morgan fingerprint density at radius 1 is 1.35 bits per heavy atom. The molecule has 2 atom stereocenters. The topological polar surface area (TPSA) is 52.6 Å². The lowest BCUT2D eigenvalue weighted by atomic mass is 9.85. The van der Waals surface area contributed by atoms with E-state index in [2.05, 4.69) is 19.2 Å². The van der Waals surface area contributed by atoms with Crippen molar-refractivity contribution < 1.29 is 9.90 Å². The summed E-state index contributed by atoms with van der Waals surface area (Å²) < 4.78 is 0. The second kappa shape index (κ2) is 4.94. The molecule has 0 bridgehead atoms. The number of hydrogen-bond acceptors (Lipinski definition) is 3. The molecule has 4 nitrogen and oxygen atoms in total. The van der Waals surface area contributed by atoms with Crippen LogP contribution in [0, 0.1) is 5.41 Å². The monoisotopic (exact) mass is 240 g/mol. The summed E-state index contributed by atoms with van der Waals surface area (Å²) in [6, 6.07) is -0.161. The number of carbonyl (C=O) groups excluding carboxylic acids is 1. The highest BCUT2D eigenvalue weighted by molar-refractivity contribution is 5.82. The Balaban J connectivity index is 1.91. The van der Waals surface area contributed by atoms with Crippen molar-refractivity contribution in [2.24, 2.45) is 5.41 Å². The van der Waals surface area contributed by atoms with Gasteiger partial charge in [-0.1, -0.05) is 13.8 Å². The fraction of sp³-hybridized carbons (Fsp3) is 0.923. The van der Waals surface area contributed by atoms with Crippen LogP contribution >= 0.6 is 0 Å². The Kier molecular flexibility index (Phi) is 3.73. The van der Waals surface area contributed by atoms with E-state index in [0.29, 0.717) is 18.4 Å². The Morgan fingerprint density at radius 2 is 2.12 bits per heavy atom. The second-order valence-corrected chi connectivity index (χ2v) is 6.19. The van der Waals surface area contributed by atoms with E-state index in [9.17, 15) is 9.90 Å². The zero-order valence-electron chi connectivity index (χ0n) is 10.9. The van der Waals surface area contributed by atoms with Crippen molar-refractivity contribution in [1.82, 2.24) is 10.2 Å². The Labute approximate surface area is 103 Å². The highest BCUT2D eigenvalue weighted by Crippen LogP contribution is 2.30. The number of carbonyl (C=O) groups is 1. The molecule has 4 heteroatoms. The number of nitrogens with zero attached hydrogens (tertiary/aromatic N) is 1. The maximum absolute atomic E-state index is 12.3. The molecule has 0 aromatic carbocycles. The molecule has 0 aromatic rings. The fourth-order valence-corrected chi connectivity index (χ4v) is 2.77. The number of likely N-dealkylation sites (tertiary alicyclic amines) is 1. The first kappa shape index (κ1) is 12.8. The van der Waals surface area contributed by atoms with E-state index < -0.39 is 0 Å². The molecule has 2 heterocycles. The van der Waals surface area contributed by atoms with Crippen molar-refractivity contribution in [2.75, 3.05) is 19.6 Å². The van der Waals surface area contributed by atoms with Gasteiger partial charge < -0.3 is 15.3 Å². The van der Waals surface area contributed by atoms with Crippen LogP contribution in [0.25, 0.3) is 0 Å². The number of amides is 1. The Morgan fingerprint density at radius 3 is 2.76 bits per heavy atom. The molecule has 1 amide bonds. The molecular weight excluding hydrogens is 216 g/mol. The normalized spacial score (nSPS) is 33.5. The molecule has 98 valence electrons. The highest BCUT2D eigenvalue weighted by Gasteiger charge is 2.33. The zero-order chi connectivity index (χ0) is 12.5. The number of aliphatic hydroxyl groups excluding tert-OH is 1. The van der Waals surface area contributed by atoms with Crippen molar-refractivity contribution in [1.29, 1.82) is 0 Å². The predicted molar refractivity (Wildman–Crippen MR) is 66.6 cm³/mol. The molecule has 2 aliphatic heterocycles. The van der Waals surface area contributed by atoms with Gasteiger partial charge in [0.2, 0.25) is 5.91 Å². The first-order valence-corrected chi connectivity index (χ1v) is 6.68. The molecule has 2 fully saturated rings. The molecule has 2 saturated heterocycles. The van der Waals surface area contributed by atoms with Crippen LogP contribution in [0.1, 0.15) is 39.5 Å². The van der Waals surface area contributed by atoms with E-state index in [1.54, 1.807) is 0 Å². The summed E-state index contributed by atoms with van der Waals surface area (Å²) in [7, 11) is 0. The van der Waals surface area contributed by atoms with Crippen molar-refractivity contribution >= 4 is 5.91 Å². The lowest BCUT2D eigenvalue weighted by Crippen LogP contribution is -2.44. The maximum atomic E-state index is 12.3. The van der Waals surface area contributed by atoms with Gasteiger partial charge in [-0.2, -0.15) is 0 Å². The highest BCUT2D eigenvalue weighted by atomic mass is 16.3. The third kappa shape index (κ3) is 3.19. The zero-order valence-corrected chi connectivity index (χ0v) is 10.9. The molecule has 0 spiro atoms. The molecule has 0 aromatic heterocycles. The Bertz CT molecular complexity index is 291. The SMILES string of the molecule is CC1(C)CCCN(C(=O)C2CC(O)CN2)CC1. The van der Waals surface area contributed by atoms with Gasteiger partial charge in [-0.25, -0.2) is 0 Å².